The molecule has 0 aliphatic heterocycles. The first kappa shape index (κ1) is 12.4. The highest BCUT2D eigenvalue weighted by Gasteiger charge is 2.03. The minimum atomic E-state index is 0.547. The van der Waals surface area contributed by atoms with Gasteiger partial charge in [-0.2, -0.15) is 0 Å². The number of halogens is 2. The van der Waals surface area contributed by atoms with E-state index in [1.807, 2.05) is 37.5 Å². The molecule has 1 N–H and O–H groups in total. The molecule has 0 bridgehead atoms. The minimum Gasteiger partial charge on any atom is -0.316 e. The summed E-state index contributed by atoms with van der Waals surface area (Å²) < 4.78 is 0. The number of benzene rings is 1. The number of rotatable bonds is 3. The summed E-state index contributed by atoms with van der Waals surface area (Å²) in [5, 5.41) is 4.19. The predicted molar refractivity (Wildman–Crippen MR) is 72.5 cm³/mol. The second-order valence-corrected chi connectivity index (χ2v) is 4.53. The lowest BCUT2D eigenvalue weighted by atomic mass is 10.1. The molecule has 0 amide bonds. The van der Waals surface area contributed by atoms with Crippen LogP contribution in [0.5, 0.6) is 0 Å². The molecule has 2 nitrogen and oxygen atoms in total. The Balaban J connectivity index is 2.30. The first-order valence-corrected chi connectivity index (χ1v) is 6.01. The van der Waals surface area contributed by atoms with E-state index >= 15 is 0 Å². The van der Waals surface area contributed by atoms with E-state index in [-0.39, 0.29) is 0 Å². The lowest BCUT2D eigenvalue weighted by Gasteiger charge is -2.04. The topological polar surface area (TPSA) is 24.9 Å². The molecule has 1 aromatic carbocycles. The summed E-state index contributed by atoms with van der Waals surface area (Å²) in [4.78, 5) is 4.40. The van der Waals surface area contributed by atoms with Crippen molar-refractivity contribution in [3.63, 3.8) is 0 Å². The second-order valence-electron chi connectivity index (χ2n) is 3.71. The van der Waals surface area contributed by atoms with Gasteiger partial charge in [-0.1, -0.05) is 35.3 Å². The molecule has 1 aromatic heterocycles. The zero-order valence-electron chi connectivity index (χ0n) is 9.37. The van der Waals surface area contributed by atoms with Gasteiger partial charge < -0.3 is 5.32 Å². The number of nitrogens with zero attached hydrogens (tertiary/aromatic N) is 1. The largest absolute Gasteiger partial charge is 0.316 e. The summed E-state index contributed by atoms with van der Waals surface area (Å²) in [7, 11) is 1.91. The lowest BCUT2D eigenvalue weighted by molar-refractivity contribution is 0.813. The van der Waals surface area contributed by atoms with Crippen molar-refractivity contribution in [1.29, 1.82) is 0 Å². The molecule has 1 heterocycles. The molecule has 0 aliphatic rings. The van der Waals surface area contributed by atoms with Gasteiger partial charge in [-0.25, -0.2) is 0 Å². The van der Waals surface area contributed by atoms with Gasteiger partial charge in [-0.05, 0) is 30.8 Å². The van der Waals surface area contributed by atoms with Crippen LogP contribution in [0.25, 0.3) is 11.3 Å². The summed E-state index contributed by atoms with van der Waals surface area (Å²) in [6.45, 7) is 0.814. The molecule has 0 aliphatic carbocycles. The van der Waals surface area contributed by atoms with Gasteiger partial charge in [0.2, 0.25) is 0 Å². The predicted octanol–water partition coefficient (Wildman–Crippen LogP) is 3.77. The van der Waals surface area contributed by atoms with E-state index in [9.17, 15) is 0 Å². The van der Waals surface area contributed by atoms with E-state index in [0.29, 0.717) is 10.0 Å². The zero-order chi connectivity index (χ0) is 12.3. The molecule has 0 saturated heterocycles. The van der Waals surface area contributed by atoms with Gasteiger partial charge in [0, 0.05) is 18.3 Å². The number of hydrogen-bond donors (Lipinski definition) is 1. The maximum absolute atomic E-state index is 5.98. The number of hydrogen-bond acceptors (Lipinski definition) is 2. The van der Waals surface area contributed by atoms with Crippen molar-refractivity contribution in [3.8, 4) is 11.3 Å². The lowest BCUT2D eigenvalue weighted by Crippen LogP contribution is -2.05. The smallest absolute Gasteiger partial charge is 0.0702 e. The van der Waals surface area contributed by atoms with Crippen LogP contribution >= 0.6 is 23.2 Å². The van der Waals surface area contributed by atoms with Crippen LogP contribution in [0.1, 0.15) is 5.56 Å². The van der Waals surface area contributed by atoms with Crippen LogP contribution in [-0.4, -0.2) is 12.0 Å². The molecule has 0 saturated carbocycles. The average molecular weight is 267 g/mol. The minimum absolute atomic E-state index is 0.547. The van der Waals surface area contributed by atoms with Crippen LogP contribution in [0.4, 0.5) is 0 Å². The molecule has 0 radical (unpaired) electrons. The van der Waals surface area contributed by atoms with Gasteiger partial charge in [0.25, 0.3) is 0 Å². The van der Waals surface area contributed by atoms with Crippen molar-refractivity contribution in [2.45, 2.75) is 6.54 Å². The van der Waals surface area contributed by atoms with Crippen molar-refractivity contribution < 1.29 is 0 Å². The molecule has 88 valence electrons. The van der Waals surface area contributed by atoms with Gasteiger partial charge in [-0.3, -0.25) is 4.98 Å². The van der Waals surface area contributed by atoms with E-state index in [4.69, 9.17) is 23.2 Å². The first-order chi connectivity index (χ1) is 8.20. The fourth-order valence-electron chi connectivity index (χ4n) is 1.56. The van der Waals surface area contributed by atoms with Gasteiger partial charge in [0.15, 0.2) is 0 Å². The molecule has 4 heteroatoms. The number of nitrogens with one attached hydrogen (secondary N) is 1. The molecular formula is C13H12Cl2N2. The van der Waals surface area contributed by atoms with E-state index in [1.54, 1.807) is 6.07 Å². The molecule has 17 heavy (non-hydrogen) atoms. The monoisotopic (exact) mass is 266 g/mol. The molecule has 0 atom stereocenters. The van der Waals surface area contributed by atoms with E-state index in [2.05, 4.69) is 10.3 Å². The second kappa shape index (κ2) is 5.50. The van der Waals surface area contributed by atoms with Gasteiger partial charge in [0.05, 0.1) is 15.7 Å². The van der Waals surface area contributed by atoms with Crippen molar-refractivity contribution >= 4 is 23.2 Å². The van der Waals surface area contributed by atoms with Crippen molar-refractivity contribution in [2.24, 2.45) is 0 Å². The number of aromatic nitrogens is 1. The Kier molecular flexibility index (Phi) is 4.00. The maximum atomic E-state index is 5.98. The van der Waals surface area contributed by atoms with E-state index in [1.165, 1.54) is 0 Å². The quantitative estimate of drug-likeness (QED) is 0.915. The van der Waals surface area contributed by atoms with Gasteiger partial charge >= 0.3 is 0 Å². The Morgan fingerprint density at radius 1 is 1.12 bits per heavy atom. The zero-order valence-corrected chi connectivity index (χ0v) is 10.9. The Hall–Kier alpha value is -1.09. The Morgan fingerprint density at radius 2 is 1.94 bits per heavy atom. The summed E-state index contributed by atoms with van der Waals surface area (Å²) in [6, 6.07) is 9.54. The van der Waals surface area contributed by atoms with Crippen molar-refractivity contribution in [3.05, 3.63) is 52.1 Å². The Labute approximate surface area is 111 Å². The SMILES string of the molecule is CNCc1ccc(-c2ccc(Cl)c(Cl)c2)nc1. The molecule has 0 fully saturated rings. The first-order valence-electron chi connectivity index (χ1n) is 5.25. The fourth-order valence-corrected chi connectivity index (χ4v) is 1.86. The standard InChI is InChI=1S/C13H12Cl2N2/c1-16-7-9-2-5-13(17-8-9)10-3-4-11(14)12(15)6-10/h2-6,8,16H,7H2,1H3. The van der Waals surface area contributed by atoms with Crippen LogP contribution in [-0.2, 0) is 6.54 Å². The highest BCUT2D eigenvalue weighted by Crippen LogP contribution is 2.27. The molecule has 0 unspecified atom stereocenters. The van der Waals surface area contributed by atoms with Crippen LogP contribution in [0.2, 0.25) is 10.0 Å². The van der Waals surface area contributed by atoms with E-state index < -0.39 is 0 Å². The Bertz CT molecular complexity index is 509. The molecular weight excluding hydrogens is 255 g/mol. The summed E-state index contributed by atoms with van der Waals surface area (Å²) >= 11 is 11.8. The van der Waals surface area contributed by atoms with Crippen LogP contribution < -0.4 is 5.32 Å². The molecule has 2 aromatic rings. The van der Waals surface area contributed by atoms with Crippen LogP contribution in [0, 0.1) is 0 Å². The van der Waals surface area contributed by atoms with Gasteiger partial charge in [-0.15, -0.1) is 0 Å². The Morgan fingerprint density at radius 3 is 2.53 bits per heavy atom. The summed E-state index contributed by atoms with van der Waals surface area (Å²) in [5.74, 6) is 0. The third-order valence-corrected chi connectivity index (χ3v) is 3.16. The normalized spacial score (nSPS) is 10.5. The third-order valence-electron chi connectivity index (χ3n) is 2.42. The summed E-state index contributed by atoms with van der Waals surface area (Å²) in [5.41, 5.74) is 3.01. The van der Waals surface area contributed by atoms with E-state index in [0.717, 1.165) is 23.4 Å². The highest BCUT2D eigenvalue weighted by molar-refractivity contribution is 6.42. The number of pyridine rings is 1. The molecule has 2 rings (SSSR count). The highest BCUT2D eigenvalue weighted by atomic mass is 35.5. The average Bonchev–Trinajstić information content (AvgIpc) is 2.34. The molecule has 0 spiro atoms. The van der Waals surface area contributed by atoms with Crippen LogP contribution in [0.15, 0.2) is 36.5 Å². The van der Waals surface area contributed by atoms with Crippen molar-refractivity contribution in [1.82, 2.24) is 10.3 Å². The van der Waals surface area contributed by atoms with Crippen molar-refractivity contribution in [2.75, 3.05) is 7.05 Å². The van der Waals surface area contributed by atoms with Crippen LogP contribution in [0.3, 0.4) is 0 Å². The summed E-state index contributed by atoms with van der Waals surface area (Å²) in [6.07, 6.45) is 1.86. The maximum Gasteiger partial charge on any atom is 0.0702 e. The fraction of sp³-hybridized carbons (Fsp3) is 0.154. The van der Waals surface area contributed by atoms with Gasteiger partial charge in [0.1, 0.15) is 0 Å². The third kappa shape index (κ3) is 2.97.